The van der Waals surface area contributed by atoms with E-state index >= 15 is 0 Å². The first-order valence-corrected chi connectivity index (χ1v) is 5.58. The predicted octanol–water partition coefficient (Wildman–Crippen LogP) is 2.42. The quantitative estimate of drug-likeness (QED) is 0.556. The number of amides is 1. The summed E-state index contributed by atoms with van der Waals surface area (Å²) in [4.78, 5) is 13.7. The van der Waals surface area contributed by atoms with Crippen molar-refractivity contribution in [3.8, 4) is 0 Å². The standard InChI is InChI=1S/C10H9NO2S2/c1-6-3-4-7(13-6)5-8-9(12)11(2)10(14)15-8/h3-5H,1-2H3. The molecular weight excluding hydrogens is 230 g/mol. The summed E-state index contributed by atoms with van der Waals surface area (Å²) in [5.41, 5.74) is 0. The largest absolute Gasteiger partial charge is 0.462 e. The van der Waals surface area contributed by atoms with Gasteiger partial charge in [-0.15, -0.1) is 0 Å². The van der Waals surface area contributed by atoms with Gasteiger partial charge in [0.2, 0.25) is 0 Å². The number of hydrogen-bond donors (Lipinski definition) is 0. The lowest BCUT2D eigenvalue weighted by Gasteiger charge is -2.03. The zero-order valence-corrected chi connectivity index (χ0v) is 9.95. The summed E-state index contributed by atoms with van der Waals surface area (Å²) in [6.07, 6.45) is 1.72. The van der Waals surface area contributed by atoms with E-state index in [2.05, 4.69) is 0 Å². The lowest BCUT2D eigenvalue weighted by atomic mass is 10.3. The van der Waals surface area contributed by atoms with E-state index in [1.807, 2.05) is 19.1 Å². The van der Waals surface area contributed by atoms with Gasteiger partial charge in [0, 0.05) is 13.1 Å². The van der Waals surface area contributed by atoms with Gasteiger partial charge in [-0.2, -0.15) is 0 Å². The Hall–Kier alpha value is -1.07. The van der Waals surface area contributed by atoms with Crippen LogP contribution in [0, 0.1) is 6.92 Å². The summed E-state index contributed by atoms with van der Waals surface area (Å²) >= 11 is 6.31. The Morgan fingerprint density at radius 2 is 2.27 bits per heavy atom. The van der Waals surface area contributed by atoms with Gasteiger partial charge in [-0.3, -0.25) is 9.69 Å². The molecule has 1 saturated heterocycles. The number of carbonyl (C=O) groups is 1. The van der Waals surface area contributed by atoms with E-state index in [0.717, 1.165) is 5.76 Å². The van der Waals surface area contributed by atoms with Gasteiger partial charge in [0.15, 0.2) is 0 Å². The van der Waals surface area contributed by atoms with Crippen LogP contribution in [0.3, 0.4) is 0 Å². The number of thioether (sulfide) groups is 1. The van der Waals surface area contributed by atoms with Crippen LogP contribution >= 0.6 is 24.0 Å². The van der Waals surface area contributed by atoms with E-state index < -0.39 is 0 Å². The fourth-order valence-corrected chi connectivity index (χ4v) is 2.37. The number of furan rings is 1. The van der Waals surface area contributed by atoms with Crippen molar-refractivity contribution in [3.05, 3.63) is 28.6 Å². The van der Waals surface area contributed by atoms with E-state index in [9.17, 15) is 4.79 Å². The highest BCUT2D eigenvalue weighted by atomic mass is 32.2. The maximum atomic E-state index is 11.6. The van der Waals surface area contributed by atoms with Crippen molar-refractivity contribution in [1.29, 1.82) is 0 Å². The second kappa shape index (κ2) is 3.83. The van der Waals surface area contributed by atoms with Crippen LogP contribution in [0.5, 0.6) is 0 Å². The fourth-order valence-electron chi connectivity index (χ4n) is 1.21. The molecule has 2 rings (SSSR count). The van der Waals surface area contributed by atoms with Gasteiger partial charge in [0.25, 0.3) is 5.91 Å². The highest BCUT2D eigenvalue weighted by Crippen LogP contribution is 2.31. The van der Waals surface area contributed by atoms with Crippen molar-refractivity contribution in [3.63, 3.8) is 0 Å². The molecule has 2 heterocycles. The third-order valence-corrected chi connectivity index (χ3v) is 3.51. The number of thiocarbonyl (C=S) groups is 1. The maximum Gasteiger partial charge on any atom is 0.266 e. The second-order valence-corrected chi connectivity index (χ2v) is 4.86. The molecule has 5 heteroatoms. The molecule has 0 aromatic carbocycles. The average molecular weight is 239 g/mol. The van der Waals surface area contributed by atoms with Gasteiger partial charge in [0.05, 0.1) is 4.91 Å². The van der Waals surface area contributed by atoms with E-state index in [1.54, 1.807) is 13.1 Å². The first-order valence-electron chi connectivity index (χ1n) is 4.36. The Balaban J connectivity index is 2.29. The highest BCUT2D eigenvalue weighted by Gasteiger charge is 2.28. The third kappa shape index (κ3) is 1.98. The molecule has 0 aliphatic carbocycles. The smallest absolute Gasteiger partial charge is 0.266 e. The fraction of sp³-hybridized carbons (Fsp3) is 0.200. The molecule has 1 amide bonds. The van der Waals surface area contributed by atoms with Crippen molar-refractivity contribution in [2.45, 2.75) is 6.92 Å². The molecule has 1 aliphatic heterocycles. The Bertz CT molecular complexity index is 462. The van der Waals surface area contributed by atoms with E-state index in [0.29, 0.717) is 15.0 Å². The van der Waals surface area contributed by atoms with Crippen LogP contribution in [0.2, 0.25) is 0 Å². The van der Waals surface area contributed by atoms with Crippen LogP contribution in [0.4, 0.5) is 0 Å². The van der Waals surface area contributed by atoms with Crippen molar-refractivity contribution in [2.24, 2.45) is 0 Å². The van der Waals surface area contributed by atoms with Gasteiger partial charge in [0.1, 0.15) is 15.8 Å². The summed E-state index contributed by atoms with van der Waals surface area (Å²) in [6.45, 7) is 1.86. The van der Waals surface area contributed by atoms with Crippen LogP contribution < -0.4 is 0 Å². The molecule has 0 bridgehead atoms. The van der Waals surface area contributed by atoms with Gasteiger partial charge >= 0.3 is 0 Å². The molecule has 1 aromatic rings. The number of rotatable bonds is 1. The number of hydrogen-bond acceptors (Lipinski definition) is 4. The van der Waals surface area contributed by atoms with Gasteiger partial charge in [-0.1, -0.05) is 24.0 Å². The Morgan fingerprint density at radius 3 is 2.73 bits per heavy atom. The lowest BCUT2D eigenvalue weighted by molar-refractivity contribution is -0.121. The van der Waals surface area contributed by atoms with E-state index in [1.165, 1.54) is 16.7 Å². The van der Waals surface area contributed by atoms with Crippen LogP contribution in [-0.4, -0.2) is 22.2 Å². The van der Waals surface area contributed by atoms with Crippen LogP contribution in [0.25, 0.3) is 6.08 Å². The molecule has 15 heavy (non-hydrogen) atoms. The predicted molar refractivity (Wildman–Crippen MR) is 64.4 cm³/mol. The molecule has 1 fully saturated rings. The van der Waals surface area contributed by atoms with Crippen LogP contribution in [0.15, 0.2) is 21.5 Å². The number of aryl methyl sites for hydroxylation is 1. The molecule has 78 valence electrons. The Labute approximate surface area is 97.1 Å². The summed E-state index contributed by atoms with van der Waals surface area (Å²) in [5, 5.41) is 0. The molecule has 0 N–H and O–H groups in total. The maximum absolute atomic E-state index is 11.6. The summed E-state index contributed by atoms with van der Waals surface area (Å²) in [5.74, 6) is 1.44. The van der Waals surface area contributed by atoms with Crippen LogP contribution in [-0.2, 0) is 4.79 Å². The van der Waals surface area contributed by atoms with Gasteiger partial charge in [-0.25, -0.2) is 0 Å². The molecule has 1 aromatic heterocycles. The first kappa shape index (κ1) is 10.4. The highest BCUT2D eigenvalue weighted by molar-refractivity contribution is 8.26. The SMILES string of the molecule is Cc1ccc(C=C2SC(=S)N(C)C2=O)o1. The monoisotopic (exact) mass is 239 g/mol. The van der Waals surface area contributed by atoms with Crippen molar-refractivity contribution in [2.75, 3.05) is 7.05 Å². The van der Waals surface area contributed by atoms with Crippen molar-refractivity contribution < 1.29 is 9.21 Å². The number of likely N-dealkylation sites (N-methyl/N-ethyl adjacent to an activating group) is 1. The topological polar surface area (TPSA) is 33.5 Å². The molecule has 0 saturated carbocycles. The minimum absolute atomic E-state index is 0.0703. The number of nitrogens with zero attached hydrogens (tertiary/aromatic N) is 1. The molecular formula is C10H9NO2S2. The van der Waals surface area contributed by atoms with Gasteiger partial charge < -0.3 is 4.42 Å². The molecule has 0 unspecified atom stereocenters. The van der Waals surface area contributed by atoms with E-state index in [-0.39, 0.29) is 5.91 Å². The molecule has 3 nitrogen and oxygen atoms in total. The minimum atomic E-state index is -0.0703. The van der Waals surface area contributed by atoms with E-state index in [4.69, 9.17) is 16.6 Å². The summed E-state index contributed by atoms with van der Waals surface area (Å²) < 4.78 is 5.94. The Morgan fingerprint density at radius 1 is 1.53 bits per heavy atom. The van der Waals surface area contributed by atoms with Crippen molar-refractivity contribution in [1.82, 2.24) is 4.90 Å². The summed E-state index contributed by atoms with van der Waals surface area (Å²) in [7, 11) is 1.67. The Kier molecular flexibility index (Phi) is 2.67. The summed E-state index contributed by atoms with van der Waals surface area (Å²) in [6, 6.07) is 3.69. The number of carbonyl (C=O) groups excluding carboxylic acids is 1. The average Bonchev–Trinajstić information content (AvgIpc) is 2.68. The zero-order chi connectivity index (χ0) is 11.0. The molecule has 0 radical (unpaired) electrons. The normalized spacial score (nSPS) is 19.3. The third-order valence-electron chi connectivity index (χ3n) is 2.02. The lowest BCUT2D eigenvalue weighted by Crippen LogP contribution is -2.22. The molecule has 0 atom stereocenters. The zero-order valence-electron chi connectivity index (χ0n) is 8.31. The van der Waals surface area contributed by atoms with Gasteiger partial charge in [-0.05, 0) is 19.1 Å². The molecule has 0 spiro atoms. The van der Waals surface area contributed by atoms with Crippen LogP contribution in [0.1, 0.15) is 11.5 Å². The second-order valence-electron chi connectivity index (χ2n) is 3.19. The molecule has 1 aliphatic rings. The van der Waals surface area contributed by atoms with Crippen molar-refractivity contribution >= 4 is 40.3 Å². The first-order chi connectivity index (χ1) is 7.08. The minimum Gasteiger partial charge on any atom is -0.462 e.